The van der Waals surface area contributed by atoms with Crippen LogP contribution in [0.2, 0.25) is 0 Å². The Morgan fingerprint density at radius 3 is 2.44 bits per heavy atom. The molecule has 1 aliphatic rings. The second-order valence-electron chi connectivity index (χ2n) is 8.06. The van der Waals surface area contributed by atoms with Crippen molar-refractivity contribution < 1.29 is 19.1 Å². The second kappa shape index (κ2) is 12.2. The van der Waals surface area contributed by atoms with E-state index < -0.39 is 0 Å². The lowest BCUT2D eigenvalue weighted by Gasteiger charge is -2.14. The van der Waals surface area contributed by atoms with E-state index in [2.05, 4.69) is 10.3 Å². The molecule has 184 valence electrons. The molecule has 0 aliphatic carbocycles. The maximum absolute atomic E-state index is 13.1. The number of hydrogen-bond acceptors (Lipinski definition) is 6. The number of anilines is 1. The number of para-hydroxylation sites is 1. The number of amidine groups is 1. The Hall–Kier alpha value is -3.88. The topological polar surface area (TPSA) is 80.2 Å². The normalized spacial score (nSPS) is 15.5. The van der Waals surface area contributed by atoms with Gasteiger partial charge in [0, 0.05) is 12.8 Å². The van der Waals surface area contributed by atoms with Gasteiger partial charge in [0.05, 0.1) is 23.7 Å². The predicted octanol–water partition coefficient (Wildman–Crippen LogP) is 5.26. The largest absolute Gasteiger partial charge is 0.484 e. The number of hydrogen-bond donors (Lipinski definition) is 1. The van der Waals surface area contributed by atoms with Crippen molar-refractivity contribution in [3.63, 3.8) is 0 Å². The zero-order valence-electron chi connectivity index (χ0n) is 20.1. The summed E-state index contributed by atoms with van der Waals surface area (Å²) < 4.78 is 10.8. The molecule has 1 heterocycles. The summed E-state index contributed by atoms with van der Waals surface area (Å²) in [5, 5.41) is 3.42. The van der Waals surface area contributed by atoms with E-state index in [0.717, 1.165) is 22.5 Å². The average Bonchev–Trinajstić information content (AvgIpc) is 3.17. The molecule has 3 aromatic rings. The summed E-state index contributed by atoms with van der Waals surface area (Å²) in [6.45, 7) is 2.72. The van der Waals surface area contributed by atoms with Gasteiger partial charge in [-0.05, 0) is 66.7 Å². The maximum Gasteiger partial charge on any atom is 0.266 e. The number of ether oxygens (including phenoxy) is 2. The van der Waals surface area contributed by atoms with E-state index in [4.69, 9.17) is 9.47 Å². The fraction of sp³-hybridized carbons (Fsp3) is 0.179. The second-order valence-corrected chi connectivity index (χ2v) is 9.07. The van der Waals surface area contributed by atoms with Crippen LogP contribution in [0.1, 0.15) is 11.1 Å². The van der Waals surface area contributed by atoms with E-state index in [-0.39, 0.29) is 18.4 Å². The highest BCUT2D eigenvalue weighted by Gasteiger charge is 2.33. The van der Waals surface area contributed by atoms with Gasteiger partial charge < -0.3 is 14.8 Å². The number of nitrogens with one attached hydrogen (secondary N) is 1. The fourth-order valence-electron chi connectivity index (χ4n) is 3.38. The number of aryl methyl sites for hydroxylation is 1. The molecule has 2 amide bonds. The third-order valence-corrected chi connectivity index (χ3v) is 6.28. The minimum absolute atomic E-state index is 0.101. The van der Waals surface area contributed by atoms with Crippen LogP contribution in [0.15, 0.2) is 88.8 Å². The standard InChI is InChI=1S/C28H27N3O4S/c1-20-8-12-23(13-9-20)29-26(32)19-35-24-14-10-21(11-15-24)18-25-27(33)31(16-17-34-2)28(36-25)30-22-6-4-3-5-7-22/h3-15,18H,16-17,19H2,1-2H3,(H,29,32). The lowest BCUT2D eigenvalue weighted by Crippen LogP contribution is -2.32. The van der Waals surface area contributed by atoms with Gasteiger partial charge in [0.1, 0.15) is 5.75 Å². The third kappa shape index (κ3) is 6.84. The number of amides is 2. The van der Waals surface area contributed by atoms with Crippen molar-refractivity contribution >= 4 is 46.2 Å². The average molecular weight is 502 g/mol. The SMILES string of the molecule is COCCN1C(=O)C(=Cc2ccc(OCC(=O)Nc3ccc(C)cc3)cc2)SC1=Nc1ccccc1. The van der Waals surface area contributed by atoms with Gasteiger partial charge in [-0.2, -0.15) is 0 Å². The molecule has 7 nitrogen and oxygen atoms in total. The van der Waals surface area contributed by atoms with Crippen LogP contribution in [-0.2, 0) is 14.3 Å². The van der Waals surface area contributed by atoms with Gasteiger partial charge in [0.15, 0.2) is 11.8 Å². The van der Waals surface area contributed by atoms with E-state index in [0.29, 0.717) is 29.0 Å². The lowest BCUT2D eigenvalue weighted by molar-refractivity contribution is -0.122. The first-order chi connectivity index (χ1) is 17.5. The van der Waals surface area contributed by atoms with Crippen molar-refractivity contribution in [1.82, 2.24) is 4.90 Å². The Bertz CT molecular complexity index is 1260. The van der Waals surface area contributed by atoms with Crippen LogP contribution >= 0.6 is 11.8 Å². The smallest absolute Gasteiger partial charge is 0.266 e. The summed E-state index contributed by atoms with van der Waals surface area (Å²) in [5.74, 6) is 0.217. The Morgan fingerprint density at radius 2 is 1.75 bits per heavy atom. The number of thioether (sulfide) groups is 1. The molecular formula is C28H27N3O4S. The minimum Gasteiger partial charge on any atom is -0.484 e. The molecule has 1 saturated heterocycles. The van der Waals surface area contributed by atoms with Gasteiger partial charge in [-0.1, -0.05) is 48.0 Å². The minimum atomic E-state index is -0.237. The van der Waals surface area contributed by atoms with E-state index >= 15 is 0 Å². The van der Waals surface area contributed by atoms with Crippen LogP contribution in [0.3, 0.4) is 0 Å². The lowest BCUT2D eigenvalue weighted by atomic mass is 10.2. The molecule has 0 spiro atoms. The number of methoxy groups -OCH3 is 1. The number of aliphatic imine (C=N–C) groups is 1. The first-order valence-electron chi connectivity index (χ1n) is 11.5. The highest BCUT2D eigenvalue weighted by Crippen LogP contribution is 2.34. The van der Waals surface area contributed by atoms with E-state index in [1.165, 1.54) is 11.8 Å². The molecule has 4 rings (SSSR count). The van der Waals surface area contributed by atoms with Gasteiger partial charge in [0.25, 0.3) is 11.8 Å². The monoisotopic (exact) mass is 501 g/mol. The summed E-state index contributed by atoms with van der Waals surface area (Å²) in [7, 11) is 1.61. The van der Waals surface area contributed by atoms with Crippen LogP contribution in [0.4, 0.5) is 11.4 Å². The Balaban J connectivity index is 1.40. The molecule has 0 aromatic heterocycles. The first-order valence-corrected chi connectivity index (χ1v) is 12.3. The number of carbonyl (C=O) groups is 2. The van der Waals surface area contributed by atoms with E-state index in [1.807, 2.05) is 79.7 Å². The predicted molar refractivity (Wildman–Crippen MR) is 144 cm³/mol. The number of nitrogens with zero attached hydrogens (tertiary/aromatic N) is 2. The van der Waals surface area contributed by atoms with Crippen molar-refractivity contribution in [2.45, 2.75) is 6.92 Å². The zero-order valence-corrected chi connectivity index (χ0v) is 21.0. The van der Waals surface area contributed by atoms with Crippen molar-refractivity contribution in [1.29, 1.82) is 0 Å². The molecular weight excluding hydrogens is 474 g/mol. The zero-order chi connectivity index (χ0) is 25.3. The molecule has 0 radical (unpaired) electrons. The van der Waals surface area contributed by atoms with Crippen LogP contribution in [0, 0.1) is 6.92 Å². The molecule has 8 heteroatoms. The molecule has 1 aliphatic heterocycles. The van der Waals surface area contributed by atoms with Crippen LogP contribution in [0.25, 0.3) is 6.08 Å². The summed E-state index contributed by atoms with van der Waals surface area (Å²) in [4.78, 5) is 32.1. The van der Waals surface area contributed by atoms with E-state index in [9.17, 15) is 9.59 Å². The van der Waals surface area contributed by atoms with Crippen LogP contribution in [0.5, 0.6) is 5.75 Å². The van der Waals surface area contributed by atoms with Gasteiger partial charge in [-0.15, -0.1) is 0 Å². The maximum atomic E-state index is 13.1. The summed E-state index contributed by atoms with van der Waals surface area (Å²) >= 11 is 1.33. The van der Waals surface area contributed by atoms with E-state index in [1.54, 1.807) is 24.1 Å². The van der Waals surface area contributed by atoms with Crippen molar-refractivity contribution in [3.8, 4) is 5.75 Å². The number of benzene rings is 3. The fourth-order valence-corrected chi connectivity index (χ4v) is 4.40. The van der Waals surface area contributed by atoms with Crippen LogP contribution in [-0.4, -0.2) is 48.8 Å². The molecule has 1 fully saturated rings. The van der Waals surface area contributed by atoms with Crippen molar-refractivity contribution in [2.75, 3.05) is 32.2 Å². The Labute approximate surface area is 214 Å². The molecule has 36 heavy (non-hydrogen) atoms. The molecule has 0 unspecified atom stereocenters. The van der Waals surface area contributed by atoms with Gasteiger partial charge in [0.2, 0.25) is 0 Å². The Morgan fingerprint density at radius 1 is 1.03 bits per heavy atom. The molecule has 3 aromatic carbocycles. The number of rotatable bonds is 9. The summed E-state index contributed by atoms with van der Waals surface area (Å²) in [6.07, 6.45) is 1.83. The molecule has 0 atom stereocenters. The van der Waals surface area contributed by atoms with Crippen LogP contribution < -0.4 is 10.1 Å². The molecule has 0 bridgehead atoms. The first kappa shape index (κ1) is 25.2. The third-order valence-electron chi connectivity index (χ3n) is 5.27. The van der Waals surface area contributed by atoms with Gasteiger partial charge in [-0.3, -0.25) is 14.5 Å². The van der Waals surface area contributed by atoms with Gasteiger partial charge in [-0.25, -0.2) is 4.99 Å². The molecule has 1 N–H and O–H groups in total. The summed E-state index contributed by atoms with van der Waals surface area (Å²) in [6, 6.07) is 24.4. The Kier molecular flexibility index (Phi) is 8.54. The highest BCUT2D eigenvalue weighted by atomic mass is 32.2. The van der Waals surface area contributed by atoms with Crippen molar-refractivity contribution in [3.05, 3.63) is 94.9 Å². The highest BCUT2D eigenvalue weighted by molar-refractivity contribution is 8.18. The van der Waals surface area contributed by atoms with Crippen molar-refractivity contribution in [2.24, 2.45) is 4.99 Å². The summed E-state index contributed by atoms with van der Waals surface area (Å²) in [5.41, 5.74) is 3.48. The molecule has 0 saturated carbocycles. The number of carbonyl (C=O) groups excluding carboxylic acids is 2. The quantitative estimate of drug-likeness (QED) is 0.405. The van der Waals surface area contributed by atoms with Gasteiger partial charge >= 0.3 is 0 Å².